The van der Waals surface area contributed by atoms with Crippen molar-refractivity contribution in [3.8, 4) is 0 Å². The zero-order chi connectivity index (χ0) is 12.3. The van der Waals surface area contributed by atoms with Crippen LogP contribution in [0.2, 0.25) is 0 Å². The summed E-state index contributed by atoms with van der Waals surface area (Å²) in [5.41, 5.74) is 7.60. The van der Waals surface area contributed by atoms with Gasteiger partial charge in [0, 0.05) is 0 Å². The number of esters is 1. The summed E-state index contributed by atoms with van der Waals surface area (Å²) >= 11 is 0. The Kier molecular flexibility index (Phi) is 6.13. The fourth-order valence-corrected chi connectivity index (χ4v) is 1.64. The van der Waals surface area contributed by atoms with Crippen molar-refractivity contribution in [1.82, 2.24) is 0 Å². The number of rotatable bonds is 3. The Labute approximate surface area is 107 Å². The predicted octanol–water partition coefficient (Wildman–Crippen LogP) is 1.91. The zero-order valence-corrected chi connectivity index (χ0v) is 10.9. The van der Waals surface area contributed by atoms with Crippen LogP contribution in [0.3, 0.4) is 0 Å². The second kappa shape index (κ2) is 6.57. The van der Waals surface area contributed by atoms with E-state index in [1.54, 1.807) is 26.0 Å². The molecule has 1 aromatic rings. The molecule has 0 heterocycles. The second-order valence-electron chi connectivity index (χ2n) is 3.88. The minimum absolute atomic E-state index is 0. The molecule has 1 unspecified atom stereocenters. The number of nitrogens with two attached hydrogens (primary N) is 1. The fourth-order valence-electron chi connectivity index (χ4n) is 1.64. The molecule has 0 saturated carbocycles. The van der Waals surface area contributed by atoms with Gasteiger partial charge < -0.3 is 10.5 Å². The molecule has 0 aliphatic rings. The molecular weight excluding hydrogens is 245 g/mol. The van der Waals surface area contributed by atoms with Crippen LogP contribution in [0, 0.1) is 19.7 Å². The summed E-state index contributed by atoms with van der Waals surface area (Å²) in [4.78, 5) is 11.1. The van der Waals surface area contributed by atoms with E-state index in [0.717, 1.165) is 5.56 Å². The minimum atomic E-state index is -0.700. The smallest absolute Gasteiger partial charge is 0.322 e. The van der Waals surface area contributed by atoms with E-state index in [9.17, 15) is 9.18 Å². The van der Waals surface area contributed by atoms with E-state index in [2.05, 4.69) is 4.74 Å². The lowest BCUT2D eigenvalue weighted by Gasteiger charge is -2.11. The second-order valence-corrected chi connectivity index (χ2v) is 3.88. The summed E-state index contributed by atoms with van der Waals surface area (Å²) in [6, 6.07) is 2.70. The molecule has 0 spiro atoms. The van der Waals surface area contributed by atoms with Crippen LogP contribution in [-0.2, 0) is 16.0 Å². The van der Waals surface area contributed by atoms with Crippen molar-refractivity contribution in [2.75, 3.05) is 7.11 Å². The van der Waals surface area contributed by atoms with Crippen LogP contribution in [0.15, 0.2) is 12.1 Å². The van der Waals surface area contributed by atoms with Crippen molar-refractivity contribution in [3.05, 3.63) is 34.6 Å². The Morgan fingerprint density at radius 2 is 1.88 bits per heavy atom. The standard InChI is InChI=1S/C12H16FNO2.ClH/c1-7-4-9(5-8(2)11(7)13)6-10(14)12(15)16-3;/h4-5,10H,6,14H2,1-3H3;1H. The largest absolute Gasteiger partial charge is 0.468 e. The summed E-state index contributed by atoms with van der Waals surface area (Å²) < 4.78 is 17.9. The van der Waals surface area contributed by atoms with E-state index in [1.165, 1.54) is 7.11 Å². The maximum absolute atomic E-state index is 13.4. The summed E-state index contributed by atoms with van der Waals surface area (Å²) in [6.07, 6.45) is 0.356. The van der Waals surface area contributed by atoms with E-state index < -0.39 is 12.0 Å². The third kappa shape index (κ3) is 3.98. The van der Waals surface area contributed by atoms with Crippen molar-refractivity contribution in [2.45, 2.75) is 26.3 Å². The molecule has 17 heavy (non-hydrogen) atoms. The summed E-state index contributed by atoms with van der Waals surface area (Å²) in [5.74, 6) is -0.671. The lowest BCUT2D eigenvalue weighted by atomic mass is 10.0. The van der Waals surface area contributed by atoms with Gasteiger partial charge in [0.15, 0.2) is 0 Å². The Morgan fingerprint density at radius 3 is 2.29 bits per heavy atom. The Bertz CT molecular complexity index is 386. The molecule has 0 amide bonds. The molecule has 0 fully saturated rings. The normalized spacial score (nSPS) is 11.6. The van der Waals surface area contributed by atoms with Crippen LogP contribution in [0.25, 0.3) is 0 Å². The molecule has 2 N–H and O–H groups in total. The summed E-state index contributed by atoms with van der Waals surface area (Å²) in [5, 5.41) is 0. The molecule has 96 valence electrons. The molecule has 0 aromatic heterocycles. The SMILES string of the molecule is COC(=O)C(N)Cc1cc(C)c(F)c(C)c1.Cl. The molecule has 0 aliphatic heterocycles. The van der Waals surface area contributed by atoms with Gasteiger partial charge in [-0.05, 0) is 37.0 Å². The van der Waals surface area contributed by atoms with Gasteiger partial charge in [0.2, 0.25) is 0 Å². The monoisotopic (exact) mass is 261 g/mol. The number of carbonyl (C=O) groups excluding carboxylic acids is 1. The number of aryl methyl sites for hydroxylation is 2. The Morgan fingerprint density at radius 1 is 1.41 bits per heavy atom. The van der Waals surface area contributed by atoms with E-state index in [-0.39, 0.29) is 18.2 Å². The molecule has 1 atom stereocenters. The predicted molar refractivity (Wildman–Crippen MR) is 66.8 cm³/mol. The lowest BCUT2D eigenvalue weighted by molar-refractivity contribution is -0.142. The van der Waals surface area contributed by atoms with Gasteiger partial charge >= 0.3 is 5.97 Å². The van der Waals surface area contributed by atoms with E-state index in [0.29, 0.717) is 17.5 Å². The van der Waals surface area contributed by atoms with Gasteiger partial charge in [0.05, 0.1) is 7.11 Å². The van der Waals surface area contributed by atoms with Gasteiger partial charge in [-0.1, -0.05) is 12.1 Å². The molecular formula is C12H17ClFNO2. The van der Waals surface area contributed by atoms with Crippen molar-refractivity contribution in [2.24, 2.45) is 5.73 Å². The van der Waals surface area contributed by atoms with Gasteiger partial charge in [-0.2, -0.15) is 0 Å². The van der Waals surface area contributed by atoms with E-state index >= 15 is 0 Å². The van der Waals surface area contributed by atoms with Crippen molar-refractivity contribution in [1.29, 1.82) is 0 Å². The first kappa shape index (κ1) is 15.9. The first-order valence-electron chi connectivity index (χ1n) is 5.04. The third-order valence-corrected chi connectivity index (χ3v) is 2.46. The molecule has 1 rings (SSSR count). The number of hydrogen-bond donors (Lipinski definition) is 1. The summed E-state index contributed by atoms with van der Waals surface area (Å²) in [6.45, 7) is 3.38. The molecule has 1 aromatic carbocycles. The van der Waals surface area contributed by atoms with Gasteiger partial charge in [0.1, 0.15) is 11.9 Å². The first-order chi connectivity index (χ1) is 7.45. The molecule has 3 nitrogen and oxygen atoms in total. The van der Waals surface area contributed by atoms with Crippen LogP contribution in [0.1, 0.15) is 16.7 Å². The van der Waals surface area contributed by atoms with Crippen LogP contribution in [-0.4, -0.2) is 19.1 Å². The number of methoxy groups -OCH3 is 1. The van der Waals surface area contributed by atoms with Gasteiger partial charge in [-0.25, -0.2) is 4.39 Å². The average Bonchev–Trinajstić information content (AvgIpc) is 2.24. The quantitative estimate of drug-likeness (QED) is 0.846. The number of halogens is 2. The first-order valence-corrected chi connectivity index (χ1v) is 5.04. The highest BCUT2D eigenvalue weighted by molar-refractivity contribution is 5.85. The van der Waals surface area contributed by atoms with Crippen molar-refractivity contribution < 1.29 is 13.9 Å². The van der Waals surface area contributed by atoms with Crippen LogP contribution in [0.5, 0.6) is 0 Å². The molecule has 5 heteroatoms. The molecule has 0 saturated heterocycles. The van der Waals surface area contributed by atoms with Crippen LogP contribution in [0.4, 0.5) is 4.39 Å². The topological polar surface area (TPSA) is 52.3 Å². The minimum Gasteiger partial charge on any atom is -0.468 e. The van der Waals surface area contributed by atoms with Crippen LogP contribution >= 0.6 is 12.4 Å². The maximum Gasteiger partial charge on any atom is 0.322 e. The number of ether oxygens (including phenoxy) is 1. The number of benzene rings is 1. The van der Waals surface area contributed by atoms with E-state index in [4.69, 9.17) is 5.73 Å². The average molecular weight is 262 g/mol. The van der Waals surface area contributed by atoms with Crippen molar-refractivity contribution in [3.63, 3.8) is 0 Å². The highest BCUT2D eigenvalue weighted by Gasteiger charge is 2.15. The lowest BCUT2D eigenvalue weighted by Crippen LogP contribution is -2.33. The van der Waals surface area contributed by atoms with Crippen molar-refractivity contribution >= 4 is 18.4 Å². The molecule has 0 bridgehead atoms. The Balaban J connectivity index is 0.00000256. The fraction of sp³-hybridized carbons (Fsp3) is 0.417. The summed E-state index contributed by atoms with van der Waals surface area (Å²) in [7, 11) is 1.29. The third-order valence-electron chi connectivity index (χ3n) is 2.46. The number of hydrogen-bond acceptors (Lipinski definition) is 3. The van der Waals surface area contributed by atoms with Gasteiger partial charge in [-0.15, -0.1) is 12.4 Å². The maximum atomic E-state index is 13.4. The highest BCUT2D eigenvalue weighted by atomic mass is 35.5. The van der Waals surface area contributed by atoms with E-state index in [1.807, 2.05) is 0 Å². The zero-order valence-electron chi connectivity index (χ0n) is 10.1. The Hall–Kier alpha value is -1.13. The molecule has 0 aliphatic carbocycles. The number of carbonyl (C=O) groups is 1. The highest BCUT2D eigenvalue weighted by Crippen LogP contribution is 2.15. The van der Waals surface area contributed by atoms with Crippen LogP contribution < -0.4 is 5.73 Å². The molecule has 0 radical (unpaired) electrons. The van der Waals surface area contributed by atoms with Gasteiger partial charge in [-0.3, -0.25) is 4.79 Å². The van der Waals surface area contributed by atoms with Gasteiger partial charge in [0.25, 0.3) is 0 Å².